The predicted molar refractivity (Wildman–Crippen MR) is 66.8 cm³/mol. The molecule has 0 atom stereocenters. The van der Waals surface area contributed by atoms with Gasteiger partial charge in [0.1, 0.15) is 0 Å². The fourth-order valence-corrected chi connectivity index (χ4v) is 2.60. The van der Waals surface area contributed by atoms with Gasteiger partial charge in [-0.25, -0.2) is 0 Å². The van der Waals surface area contributed by atoms with Crippen molar-refractivity contribution >= 4 is 23.1 Å². The summed E-state index contributed by atoms with van der Waals surface area (Å²) in [5.74, 6) is 0.375. The molecule has 2 N–H and O–H groups in total. The van der Waals surface area contributed by atoms with Gasteiger partial charge in [0.05, 0.1) is 0 Å². The maximum absolute atomic E-state index is 12.2. The lowest BCUT2D eigenvalue weighted by Gasteiger charge is -2.20. The van der Waals surface area contributed by atoms with Crippen molar-refractivity contribution in [1.29, 1.82) is 0 Å². The maximum atomic E-state index is 12.2. The molecular weight excluding hydrogens is 222 g/mol. The van der Waals surface area contributed by atoms with Crippen molar-refractivity contribution in [1.82, 2.24) is 0 Å². The normalized spacial score (nSPS) is 17.3. The van der Waals surface area contributed by atoms with Crippen LogP contribution >= 0.6 is 11.6 Å². The number of carbonyl (C=O) groups is 1. The first kappa shape index (κ1) is 11.5. The van der Waals surface area contributed by atoms with Crippen LogP contribution in [0.2, 0.25) is 5.02 Å². The minimum absolute atomic E-state index is 0.173. The average Bonchev–Trinajstić information content (AvgIpc) is 2.28. The molecule has 1 aromatic rings. The Balaban J connectivity index is 2.19. The zero-order valence-corrected chi connectivity index (χ0v) is 9.96. The molecular formula is C13H16ClNO. The second-order valence-corrected chi connectivity index (χ2v) is 4.91. The third-order valence-corrected chi connectivity index (χ3v) is 3.40. The van der Waals surface area contributed by atoms with Crippen LogP contribution in [0.3, 0.4) is 0 Å². The van der Waals surface area contributed by atoms with E-state index in [0.717, 1.165) is 25.7 Å². The van der Waals surface area contributed by atoms with Gasteiger partial charge in [-0.2, -0.15) is 0 Å². The third-order valence-electron chi connectivity index (χ3n) is 3.18. The highest BCUT2D eigenvalue weighted by Gasteiger charge is 2.22. The molecule has 1 fully saturated rings. The van der Waals surface area contributed by atoms with E-state index < -0.39 is 0 Å². The fourth-order valence-electron chi connectivity index (χ4n) is 2.36. The van der Waals surface area contributed by atoms with E-state index in [1.54, 1.807) is 18.2 Å². The summed E-state index contributed by atoms with van der Waals surface area (Å²) in [5.41, 5.74) is 6.92. The number of benzene rings is 1. The molecule has 0 aromatic heterocycles. The van der Waals surface area contributed by atoms with Gasteiger partial charge >= 0.3 is 0 Å². The van der Waals surface area contributed by atoms with E-state index in [1.807, 2.05) is 0 Å². The number of rotatable bonds is 2. The van der Waals surface area contributed by atoms with Crippen LogP contribution in [0.1, 0.15) is 42.5 Å². The van der Waals surface area contributed by atoms with E-state index in [2.05, 4.69) is 0 Å². The summed E-state index contributed by atoms with van der Waals surface area (Å²) < 4.78 is 0. The van der Waals surface area contributed by atoms with Crippen LogP contribution in [0.4, 0.5) is 5.69 Å². The van der Waals surface area contributed by atoms with E-state index in [4.69, 9.17) is 17.3 Å². The smallest absolute Gasteiger partial charge is 0.166 e. The van der Waals surface area contributed by atoms with Gasteiger partial charge in [0.15, 0.2) is 5.78 Å². The highest BCUT2D eigenvalue weighted by atomic mass is 35.5. The first-order valence-corrected chi connectivity index (χ1v) is 6.15. The Hall–Kier alpha value is -1.02. The van der Waals surface area contributed by atoms with Gasteiger partial charge in [-0.1, -0.05) is 30.9 Å². The van der Waals surface area contributed by atoms with Crippen LogP contribution < -0.4 is 5.73 Å². The highest BCUT2D eigenvalue weighted by molar-refractivity contribution is 6.31. The van der Waals surface area contributed by atoms with Crippen molar-refractivity contribution in [2.75, 3.05) is 5.73 Å². The molecule has 1 aliphatic carbocycles. The summed E-state index contributed by atoms with van der Waals surface area (Å²) in [7, 11) is 0. The Bertz CT molecular complexity index is 377. The monoisotopic (exact) mass is 237 g/mol. The van der Waals surface area contributed by atoms with Crippen LogP contribution in [-0.2, 0) is 0 Å². The standard InChI is InChI=1S/C13H16ClNO/c14-11-6-10(7-12(15)8-11)13(16)9-4-2-1-3-5-9/h6-9H,1-5,15H2. The Morgan fingerprint density at radius 2 is 1.88 bits per heavy atom. The van der Waals surface area contributed by atoms with Gasteiger partial charge in [0, 0.05) is 22.2 Å². The molecule has 0 radical (unpaired) electrons. The number of ketones is 1. The zero-order chi connectivity index (χ0) is 11.5. The van der Waals surface area contributed by atoms with Crippen molar-refractivity contribution in [3.8, 4) is 0 Å². The molecule has 1 saturated carbocycles. The number of nitrogen functional groups attached to an aromatic ring is 1. The first-order valence-electron chi connectivity index (χ1n) is 5.77. The molecule has 1 aliphatic rings. The van der Waals surface area contributed by atoms with E-state index in [0.29, 0.717) is 16.3 Å². The quantitative estimate of drug-likeness (QED) is 0.630. The molecule has 2 rings (SSSR count). The van der Waals surface area contributed by atoms with Crippen LogP contribution in [0, 0.1) is 5.92 Å². The Labute approximate surface area is 101 Å². The molecule has 0 heterocycles. The molecule has 86 valence electrons. The summed E-state index contributed by atoms with van der Waals surface area (Å²) in [6.07, 6.45) is 5.58. The topological polar surface area (TPSA) is 43.1 Å². The predicted octanol–water partition coefficient (Wildman–Crippen LogP) is 3.69. The Kier molecular flexibility index (Phi) is 3.49. The molecule has 0 aliphatic heterocycles. The molecule has 0 amide bonds. The zero-order valence-electron chi connectivity index (χ0n) is 9.21. The van der Waals surface area contributed by atoms with Crippen LogP contribution in [0.15, 0.2) is 18.2 Å². The maximum Gasteiger partial charge on any atom is 0.166 e. The number of hydrogen-bond donors (Lipinski definition) is 1. The van der Waals surface area contributed by atoms with Crippen LogP contribution in [-0.4, -0.2) is 5.78 Å². The minimum Gasteiger partial charge on any atom is -0.399 e. The lowest BCUT2D eigenvalue weighted by molar-refractivity contribution is 0.0889. The molecule has 0 spiro atoms. The molecule has 1 aromatic carbocycles. The second kappa shape index (κ2) is 4.88. The minimum atomic E-state index is 0.173. The molecule has 16 heavy (non-hydrogen) atoms. The largest absolute Gasteiger partial charge is 0.399 e. The molecule has 3 heteroatoms. The highest BCUT2D eigenvalue weighted by Crippen LogP contribution is 2.28. The average molecular weight is 238 g/mol. The van der Waals surface area contributed by atoms with E-state index in [1.165, 1.54) is 6.42 Å². The van der Waals surface area contributed by atoms with Crippen molar-refractivity contribution in [3.63, 3.8) is 0 Å². The summed E-state index contributed by atoms with van der Waals surface area (Å²) in [6.45, 7) is 0. The summed E-state index contributed by atoms with van der Waals surface area (Å²) >= 11 is 5.90. The van der Waals surface area contributed by atoms with Gasteiger partial charge in [-0.05, 0) is 31.0 Å². The van der Waals surface area contributed by atoms with E-state index in [9.17, 15) is 4.79 Å². The SMILES string of the molecule is Nc1cc(Cl)cc(C(=O)C2CCCCC2)c1. The van der Waals surface area contributed by atoms with Gasteiger partial charge in [-0.15, -0.1) is 0 Å². The lowest BCUT2D eigenvalue weighted by atomic mass is 9.84. The molecule has 0 saturated heterocycles. The number of carbonyl (C=O) groups excluding carboxylic acids is 1. The van der Waals surface area contributed by atoms with Crippen molar-refractivity contribution in [3.05, 3.63) is 28.8 Å². The van der Waals surface area contributed by atoms with Gasteiger partial charge in [0.25, 0.3) is 0 Å². The number of Topliss-reactive ketones (excluding diaryl/α,β-unsaturated/α-hetero) is 1. The molecule has 0 bridgehead atoms. The summed E-state index contributed by atoms with van der Waals surface area (Å²) in [5, 5.41) is 0.541. The first-order chi connectivity index (χ1) is 7.66. The van der Waals surface area contributed by atoms with Crippen LogP contribution in [0.25, 0.3) is 0 Å². The molecule has 0 unspecified atom stereocenters. The Morgan fingerprint density at radius 1 is 1.19 bits per heavy atom. The van der Waals surface area contributed by atoms with Gasteiger partial charge in [0.2, 0.25) is 0 Å². The number of halogens is 1. The van der Waals surface area contributed by atoms with Crippen molar-refractivity contribution < 1.29 is 4.79 Å². The number of nitrogens with two attached hydrogens (primary N) is 1. The number of anilines is 1. The molecule has 2 nitrogen and oxygen atoms in total. The van der Waals surface area contributed by atoms with Crippen molar-refractivity contribution in [2.24, 2.45) is 5.92 Å². The fraction of sp³-hybridized carbons (Fsp3) is 0.462. The van der Waals surface area contributed by atoms with E-state index in [-0.39, 0.29) is 11.7 Å². The van der Waals surface area contributed by atoms with Gasteiger partial charge < -0.3 is 5.73 Å². The van der Waals surface area contributed by atoms with Crippen molar-refractivity contribution in [2.45, 2.75) is 32.1 Å². The third kappa shape index (κ3) is 2.56. The summed E-state index contributed by atoms with van der Waals surface area (Å²) in [6, 6.07) is 5.11. The Morgan fingerprint density at radius 3 is 2.50 bits per heavy atom. The van der Waals surface area contributed by atoms with E-state index >= 15 is 0 Å². The second-order valence-electron chi connectivity index (χ2n) is 4.47. The summed E-state index contributed by atoms with van der Waals surface area (Å²) in [4.78, 5) is 12.2. The number of hydrogen-bond acceptors (Lipinski definition) is 2. The van der Waals surface area contributed by atoms with Gasteiger partial charge in [-0.3, -0.25) is 4.79 Å². The van der Waals surface area contributed by atoms with Crippen LogP contribution in [0.5, 0.6) is 0 Å². The lowest BCUT2D eigenvalue weighted by Crippen LogP contribution is -2.18.